The molecule has 0 radical (unpaired) electrons. The molecule has 0 bridgehead atoms. The molecule has 6 nitrogen and oxygen atoms in total. The third kappa shape index (κ3) is 1.57. The zero-order valence-corrected chi connectivity index (χ0v) is 7.51. The topological polar surface area (TPSA) is 101 Å². The molecule has 0 aliphatic rings. The van der Waals surface area contributed by atoms with Crippen molar-refractivity contribution in [2.45, 2.75) is 12.5 Å². The fraction of sp³-hybridized carbons (Fsp3) is 0.375. The summed E-state index contributed by atoms with van der Waals surface area (Å²) in [5, 5.41) is 19.0. The molecule has 2 heterocycles. The summed E-state index contributed by atoms with van der Waals surface area (Å²) < 4.78 is 0. The van der Waals surface area contributed by atoms with Crippen LogP contribution in [0.5, 0.6) is 0 Å². The maximum absolute atomic E-state index is 8.74. The monoisotopic (exact) mass is 193 g/mol. The largest absolute Gasteiger partial charge is 0.396 e. The molecule has 0 aliphatic heterocycles. The van der Waals surface area contributed by atoms with E-state index < -0.39 is 0 Å². The van der Waals surface area contributed by atoms with Crippen LogP contribution in [0.15, 0.2) is 12.3 Å². The third-order valence-electron chi connectivity index (χ3n) is 2.06. The number of hydrogen-bond donors (Lipinski definition) is 3. The summed E-state index contributed by atoms with van der Waals surface area (Å²) in [4.78, 5) is 4.08. The first-order valence-corrected chi connectivity index (χ1v) is 4.34. The molecule has 0 saturated carbocycles. The molecule has 0 fully saturated rings. The molecule has 0 aliphatic carbocycles. The van der Waals surface area contributed by atoms with Crippen molar-refractivity contribution in [1.82, 2.24) is 20.4 Å². The molecule has 6 heteroatoms. The molecule has 4 N–H and O–H groups in total. The highest BCUT2D eigenvalue weighted by Crippen LogP contribution is 2.15. The molecule has 0 spiro atoms. The van der Waals surface area contributed by atoms with Crippen molar-refractivity contribution in [2.24, 2.45) is 5.73 Å². The van der Waals surface area contributed by atoms with Crippen LogP contribution < -0.4 is 5.73 Å². The zero-order chi connectivity index (χ0) is 9.97. The number of pyridine rings is 1. The maximum Gasteiger partial charge on any atom is 0.201 e. The van der Waals surface area contributed by atoms with Crippen molar-refractivity contribution in [3.63, 3.8) is 0 Å². The standard InChI is InChI=1S/C8H11N5O/c9-6(1-2-14)5-3-7-8(10-4-5)12-13-11-7/h3-4,6,14H,1-2,9H2,(H,10,11,12,13). The Kier molecular flexibility index (Phi) is 2.38. The summed E-state index contributed by atoms with van der Waals surface area (Å²) in [6.45, 7) is 0.0675. The van der Waals surface area contributed by atoms with Crippen molar-refractivity contribution in [2.75, 3.05) is 6.61 Å². The predicted molar refractivity (Wildman–Crippen MR) is 50.3 cm³/mol. The first-order chi connectivity index (χ1) is 6.81. The molecular formula is C8H11N5O. The quantitative estimate of drug-likeness (QED) is 0.623. The molecule has 14 heavy (non-hydrogen) atoms. The van der Waals surface area contributed by atoms with E-state index in [1.807, 2.05) is 6.07 Å². The van der Waals surface area contributed by atoms with E-state index in [0.29, 0.717) is 17.6 Å². The number of nitrogens with two attached hydrogens (primary N) is 1. The number of nitrogens with one attached hydrogen (secondary N) is 1. The fourth-order valence-corrected chi connectivity index (χ4v) is 1.26. The van der Waals surface area contributed by atoms with Crippen LogP contribution >= 0.6 is 0 Å². The first kappa shape index (κ1) is 9.04. The molecule has 0 saturated heterocycles. The highest BCUT2D eigenvalue weighted by atomic mass is 16.3. The molecule has 0 aromatic carbocycles. The molecular weight excluding hydrogens is 182 g/mol. The van der Waals surface area contributed by atoms with E-state index in [1.165, 1.54) is 0 Å². The van der Waals surface area contributed by atoms with E-state index in [4.69, 9.17) is 10.8 Å². The SMILES string of the molecule is NC(CCO)c1cnc2n[nH]nc2c1. The number of aromatic amines is 1. The van der Waals surface area contributed by atoms with Gasteiger partial charge in [0.1, 0.15) is 5.52 Å². The third-order valence-corrected chi connectivity index (χ3v) is 2.06. The van der Waals surface area contributed by atoms with Crippen LogP contribution in [0.2, 0.25) is 0 Å². The van der Waals surface area contributed by atoms with Gasteiger partial charge in [-0.25, -0.2) is 4.98 Å². The Labute approximate surface area is 80.1 Å². The lowest BCUT2D eigenvalue weighted by molar-refractivity contribution is 0.276. The van der Waals surface area contributed by atoms with Crippen LogP contribution in [0.1, 0.15) is 18.0 Å². The smallest absolute Gasteiger partial charge is 0.201 e. The predicted octanol–water partition coefficient (Wildman–Crippen LogP) is -0.265. The Morgan fingerprint density at radius 2 is 2.36 bits per heavy atom. The Balaban J connectivity index is 2.33. The summed E-state index contributed by atoms with van der Waals surface area (Å²) in [6, 6.07) is 1.63. The van der Waals surface area contributed by atoms with Gasteiger partial charge >= 0.3 is 0 Å². The van der Waals surface area contributed by atoms with Gasteiger partial charge in [-0.1, -0.05) is 0 Å². The molecule has 1 unspecified atom stereocenters. The van der Waals surface area contributed by atoms with Gasteiger partial charge < -0.3 is 10.8 Å². The minimum absolute atomic E-state index is 0.0675. The van der Waals surface area contributed by atoms with Gasteiger partial charge in [-0.05, 0) is 18.1 Å². The van der Waals surface area contributed by atoms with E-state index in [9.17, 15) is 0 Å². The lowest BCUT2D eigenvalue weighted by Crippen LogP contribution is -2.12. The molecule has 2 aromatic rings. The number of nitrogens with zero attached hydrogens (tertiary/aromatic N) is 3. The minimum Gasteiger partial charge on any atom is -0.396 e. The molecule has 74 valence electrons. The van der Waals surface area contributed by atoms with E-state index in [0.717, 1.165) is 5.56 Å². The van der Waals surface area contributed by atoms with Gasteiger partial charge in [-0.3, -0.25) is 0 Å². The Bertz CT molecular complexity index is 426. The van der Waals surface area contributed by atoms with Crippen molar-refractivity contribution in [3.05, 3.63) is 17.8 Å². The van der Waals surface area contributed by atoms with Gasteiger partial charge in [0, 0.05) is 18.8 Å². The summed E-state index contributed by atoms with van der Waals surface area (Å²) in [6.07, 6.45) is 2.18. The second kappa shape index (κ2) is 3.69. The van der Waals surface area contributed by atoms with Crippen molar-refractivity contribution >= 4 is 11.2 Å². The second-order valence-electron chi connectivity index (χ2n) is 3.05. The van der Waals surface area contributed by atoms with Crippen LogP contribution in [0, 0.1) is 0 Å². The lowest BCUT2D eigenvalue weighted by Gasteiger charge is -2.08. The average Bonchev–Trinajstić information content (AvgIpc) is 2.64. The van der Waals surface area contributed by atoms with Crippen LogP contribution in [-0.4, -0.2) is 32.1 Å². The summed E-state index contributed by atoms with van der Waals surface area (Å²) in [5.41, 5.74) is 7.93. The highest BCUT2D eigenvalue weighted by Gasteiger charge is 2.08. The summed E-state index contributed by atoms with van der Waals surface area (Å²) >= 11 is 0. The van der Waals surface area contributed by atoms with E-state index in [1.54, 1.807) is 6.20 Å². The van der Waals surface area contributed by atoms with Gasteiger partial charge in [-0.2, -0.15) is 10.3 Å². The number of H-pyrrole nitrogens is 1. The second-order valence-corrected chi connectivity index (χ2v) is 3.05. The first-order valence-electron chi connectivity index (χ1n) is 4.34. The lowest BCUT2D eigenvalue weighted by atomic mass is 10.1. The van der Waals surface area contributed by atoms with Crippen LogP contribution in [0.4, 0.5) is 0 Å². The van der Waals surface area contributed by atoms with Gasteiger partial charge in [0.2, 0.25) is 5.65 Å². The van der Waals surface area contributed by atoms with Gasteiger partial charge in [0.25, 0.3) is 0 Å². The van der Waals surface area contributed by atoms with Crippen LogP contribution in [0.25, 0.3) is 11.2 Å². The number of hydrogen-bond acceptors (Lipinski definition) is 5. The van der Waals surface area contributed by atoms with Gasteiger partial charge in [0.15, 0.2) is 0 Å². The maximum atomic E-state index is 8.74. The van der Waals surface area contributed by atoms with Crippen molar-refractivity contribution in [3.8, 4) is 0 Å². The van der Waals surface area contributed by atoms with E-state index in [2.05, 4.69) is 20.4 Å². The van der Waals surface area contributed by atoms with Crippen molar-refractivity contribution < 1.29 is 5.11 Å². The van der Waals surface area contributed by atoms with Crippen molar-refractivity contribution in [1.29, 1.82) is 0 Å². The molecule has 2 aromatic heterocycles. The summed E-state index contributed by atoms with van der Waals surface area (Å²) in [7, 11) is 0. The Hall–Kier alpha value is -1.53. The number of aromatic nitrogens is 4. The van der Waals surface area contributed by atoms with Crippen LogP contribution in [-0.2, 0) is 0 Å². The summed E-state index contributed by atoms with van der Waals surface area (Å²) in [5.74, 6) is 0. The number of fused-ring (bicyclic) bond motifs is 1. The van der Waals surface area contributed by atoms with E-state index in [-0.39, 0.29) is 12.6 Å². The van der Waals surface area contributed by atoms with Gasteiger partial charge in [0.05, 0.1) is 0 Å². The zero-order valence-electron chi connectivity index (χ0n) is 7.51. The van der Waals surface area contributed by atoms with Gasteiger partial charge in [-0.15, -0.1) is 5.10 Å². The number of aliphatic hydroxyl groups excluding tert-OH is 1. The normalized spacial score (nSPS) is 13.3. The highest BCUT2D eigenvalue weighted by molar-refractivity contribution is 5.69. The van der Waals surface area contributed by atoms with Crippen LogP contribution in [0.3, 0.4) is 0 Å². The Morgan fingerprint density at radius 1 is 1.50 bits per heavy atom. The fourth-order valence-electron chi connectivity index (χ4n) is 1.26. The van der Waals surface area contributed by atoms with E-state index >= 15 is 0 Å². The molecule has 1 atom stereocenters. The minimum atomic E-state index is -0.200. The average molecular weight is 193 g/mol. The Morgan fingerprint density at radius 3 is 3.14 bits per heavy atom. The number of rotatable bonds is 3. The molecule has 2 rings (SSSR count). The number of aliphatic hydroxyl groups is 1. The molecule has 0 amide bonds.